The molecule has 1 aliphatic heterocycles. The van der Waals surface area contributed by atoms with Crippen LogP contribution < -0.4 is 5.32 Å². The van der Waals surface area contributed by atoms with Crippen molar-refractivity contribution in [2.24, 2.45) is 5.41 Å². The van der Waals surface area contributed by atoms with E-state index in [-0.39, 0.29) is 0 Å². The molecule has 2 aliphatic rings. The average molecular weight is 252 g/mol. The molecule has 3 rings (SSSR count). The van der Waals surface area contributed by atoms with E-state index in [0.717, 1.165) is 5.92 Å². The summed E-state index contributed by atoms with van der Waals surface area (Å²) in [5.41, 5.74) is 2.21. The Labute approximate surface area is 93.0 Å². The number of hydrogen-bond donors (Lipinski definition) is 1. The average Bonchev–Trinajstić information content (AvgIpc) is 2.03. The molecule has 1 aliphatic carbocycles. The molecule has 1 saturated carbocycles. The molecule has 1 saturated heterocycles. The van der Waals surface area contributed by atoms with Crippen molar-refractivity contribution in [2.45, 2.75) is 18.8 Å². The second-order valence-electron chi connectivity index (χ2n) is 4.76. The van der Waals surface area contributed by atoms with E-state index < -0.39 is 0 Å². The maximum atomic E-state index is 3.47. The van der Waals surface area contributed by atoms with E-state index in [9.17, 15) is 0 Å². The molecule has 0 bridgehead atoms. The highest BCUT2D eigenvalue weighted by atomic mass is 79.9. The quantitative estimate of drug-likeness (QED) is 0.810. The third-order valence-corrected chi connectivity index (χ3v) is 4.23. The first-order chi connectivity index (χ1) is 6.77. The van der Waals surface area contributed by atoms with Gasteiger partial charge in [-0.25, -0.2) is 0 Å². The van der Waals surface area contributed by atoms with Gasteiger partial charge in [0.2, 0.25) is 0 Å². The van der Waals surface area contributed by atoms with E-state index in [1.807, 2.05) is 0 Å². The van der Waals surface area contributed by atoms with Crippen LogP contribution in [-0.4, -0.2) is 13.1 Å². The van der Waals surface area contributed by atoms with E-state index >= 15 is 0 Å². The van der Waals surface area contributed by atoms with Gasteiger partial charge in [0.1, 0.15) is 0 Å². The third-order valence-electron chi connectivity index (χ3n) is 3.70. The van der Waals surface area contributed by atoms with E-state index in [4.69, 9.17) is 0 Å². The molecule has 0 amide bonds. The Morgan fingerprint density at radius 1 is 1.14 bits per heavy atom. The molecule has 1 aromatic rings. The van der Waals surface area contributed by atoms with Gasteiger partial charge >= 0.3 is 0 Å². The van der Waals surface area contributed by atoms with Crippen LogP contribution >= 0.6 is 15.9 Å². The smallest absolute Gasteiger partial charge is 0.0175 e. The molecule has 0 radical (unpaired) electrons. The van der Waals surface area contributed by atoms with Crippen molar-refractivity contribution in [3.63, 3.8) is 0 Å². The van der Waals surface area contributed by atoms with Gasteiger partial charge in [-0.2, -0.15) is 0 Å². The molecule has 1 N–H and O–H groups in total. The summed E-state index contributed by atoms with van der Waals surface area (Å²) in [4.78, 5) is 0. The second-order valence-corrected chi connectivity index (χ2v) is 5.68. The largest absolute Gasteiger partial charge is 0.316 e. The Balaban J connectivity index is 1.70. The minimum atomic E-state index is 0.692. The van der Waals surface area contributed by atoms with Gasteiger partial charge < -0.3 is 5.32 Å². The van der Waals surface area contributed by atoms with Gasteiger partial charge in [0.15, 0.2) is 0 Å². The van der Waals surface area contributed by atoms with Crippen molar-refractivity contribution in [3.05, 3.63) is 34.3 Å². The van der Waals surface area contributed by atoms with E-state index in [2.05, 4.69) is 45.5 Å². The zero-order valence-electron chi connectivity index (χ0n) is 8.09. The van der Waals surface area contributed by atoms with Crippen LogP contribution in [0.15, 0.2) is 28.7 Å². The Morgan fingerprint density at radius 3 is 2.29 bits per heavy atom. The highest BCUT2D eigenvalue weighted by Crippen LogP contribution is 2.53. The lowest BCUT2D eigenvalue weighted by Gasteiger charge is -2.54. The molecule has 74 valence electrons. The molecule has 0 unspecified atom stereocenters. The summed E-state index contributed by atoms with van der Waals surface area (Å²) in [6.07, 6.45) is 2.78. The van der Waals surface area contributed by atoms with Crippen LogP contribution in [0.3, 0.4) is 0 Å². The summed E-state index contributed by atoms with van der Waals surface area (Å²) < 4.78 is 1.18. The molecule has 1 aromatic carbocycles. The fourth-order valence-electron chi connectivity index (χ4n) is 2.72. The highest BCUT2D eigenvalue weighted by Gasteiger charge is 2.48. The lowest BCUT2D eigenvalue weighted by Crippen LogP contribution is -2.59. The van der Waals surface area contributed by atoms with E-state index in [1.54, 1.807) is 0 Å². The number of benzene rings is 1. The fourth-order valence-corrected chi connectivity index (χ4v) is 2.99. The summed E-state index contributed by atoms with van der Waals surface area (Å²) in [5.74, 6) is 0.824. The van der Waals surface area contributed by atoms with Crippen molar-refractivity contribution in [2.75, 3.05) is 13.1 Å². The molecule has 0 atom stereocenters. The SMILES string of the molecule is Brc1ccc(C2CC3(CNC3)C2)cc1. The van der Waals surface area contributed by atoms with Gasteiger partial charge in [-0.15, -0.1) is 0 Å². The number of halogens is 1. The fraction of sp³-hybridized carbons (Fsp3) is 0.500. The summed E-state index contributed by atoms with van der Waals surface area (Å²) >= 11 is 3.47. The van der Waals surface area contributed by atoms with Crippen molar-refractivity contribution >= 4 is 15.9 Å². The predicted molar refractivity (Wildman–Crippen MR) is 61.4 cm³/mol. The first-order valence-electron chi connectivity index (χ1n) is 5.24. The molecule has 2 heteroatoms. The van der Waals surface area contributed by atoms with Gasteiger partial charge in [-0.1, -0.05) is 28.1 Å². The molecule has 1 spiro atoms. The zero-order valence-corrected chi connectivity index (χ0v) is 9.68. The Morgan fingerprint density at radius 2 is 1.79 bits per heavy atom. The van der Waals surface area contributed by atoms with E-state index in [1.165, 1.54) is 36.0 Å². The summed E-state index contributed by atoms with van der Waals surface area (Å²) in [6, 6.07) is 8.82. The Kier molecular flexibility index (Phi) is 1.96. The molecule has 1 nitrogen and oxygen atoms in total. The van der Waals surface area contributed by atoms with Crippen LogP contribution in [0.5, 0.6) is 0 Å². The first-order valence-corrected chi connectivity index (χ1v) is 6.03. The summed E-state index contributed by atoms with van der Waals surface area (Å²) in [5, 5.41) is 3.38. The third kappa shape index (κ3) is 1.32. The predicted octanol–water partition coefficient (Wildman–Crippen LogP) is 2.92. The normalized spacial score (nSPS) is 24.4. The highest BCUT2D eigenvalue weighted by molar-refractivity contribution is 9.10. The van der Waals surface area contributed by atoms with Crippen LogP contribution in [0.25, 0.3) is 0 Å². The monoisotopic (exact) mass is 251 g/mol. The van der Waals surface area contributed by atoms with Crippen molar-refractivity contribution in [3.8, 4) is 0 Å². The first kappa shape index (κ1) is 8.93. The number of hydrogen-bond acceptors (Lipinski definition) is 1. The van der Waals surface area contributed by atoms with E-state index in [0.29, 0.717) is 5.41 Å². The summed E-state index contributed by atoms with van der Waals surface area (Å²) in [6.45, 7) is 2.50. The van der Waals surface area contributed by atoms with Gasteiger partial charge in [0, 0.05) is 17.6 Å². The van der Waals surface area contributed by atoms with Gasteiger partial charge in [-0.3, -0.25) is 0 Å². The van der Waals surface area contributed by atoms with Gasteiger partial charge in [0.25, 0.3) is 0 Å². The Bertz CT molecular complexity index is 332. The lowest BCUT2D eigenvalue weighted by atomic mass is 9.57. The maximum absolute atomic E-state index is 3.47. The van der Waals surface area contributed by atoms with Crippen molar-refractivity contribution in [1.29, 1.82) is 0 Å². The minimum absolute atomic E-state index is 0.692. The van der Waals surface area contributed by atoms with Crippen LogP contribution in [-0.2, 0) is 0 Å². The Hall–Kier alpha value is -0.340. The molecular weight excluding hydrogens is 238 g/mol. The van der Waals surface area contributed by atoms with Crippen LogP contribution in [0.4, 0.5) is 0 Å². The van der Waals surface area contributed by atoms with Crippen molar-refractivity contribution < 1.29 is 0 Å². The van der Waals surface area contributed by atoms with Crippen LogP contribution in [0, 0.1) is 5.41 Å². The number of nitrogens with one attached hydrogen (secondary N) is 1. The second kappa shape index (κ2) is 3.07. The lowest BCUT2D eigenvalue weighted by molar-refractivity contribution is 0.0363. The molecule has 14 heavy (non-hydrogen) atoms. The molecule has 0 aromatic heterocycles. The zero-order chi connectivity index (χ0) is 9.60. The number of rotatable bonds is 1. The van der Waals surface area contributed by atoms with Crippen LogP contribution in [0.1, 0.15) is 24.3 Å². The standard InChI is InChI=1S/C12H14BrN/c13-11-3-1-9(2-4-11)10-5-12(6-10)7-14-8-12/h1-4,10,14H,5-8H2. The maximum Gasteiger partial charge on any atom is 0.0175 e. The van der Waals surface area contributed by atoms with Crippen molar-refractivity contribution in [1.82, 2.24) is 5.32 Å². The molecule has 1 heterocycles. The van der Waals surface area contributed by atoms with Crippen LogP contribution in [0.2, 0.25) is 0 Å². The topological polar surface area (TPSA) is 12.0 Å². The van der Waals surface area contributed by atoms with Gasteiger partial charge in [-0.05, 0) is 41.9 Å². The minimum Gasteiger partial charge on any atom is -0.316 e. The molecule has 2 fully saturated rings. The molecular formula is C12H14BrN. The summed E-state index contributed by atoms with van der Waals surface area (Å²) in [7, 11) is 0. The van der Waals surface area contributed by atoms with Gasteiger partial charge in [0.05, 0.1) is 0 Å².